The van der Waals surface area contributed by atoms with E-state index in [0.29, 0.717) is 5.82 Å². The Morgan fingerprint density at radius 1 is 1.30 bits per heavy atom. The van der Waals surface area contributed by atoms with Crippen molar-refractivity contribution in [1.82, 2.24) is 9.97 Å². The van der Waals surface area contributed by atoms with Crippen molar-refractivity contribution in [2.75, 3.05) is 5.32 Å². The van der Waals surface area contributed by atoms with E-state index in [4.69, 9.17) is 4.74 Å². The fraction of sp³-hybridized carbons (Fsp3) is 0.400. The van der Waals surface area contributed by atoms with E-state index in [1.807, 2.05) is 12.1 Å². The molecule has 2 aliphatic rings. The predicted octanol–water partition coefficient (Wildman–Crippen LogP) is 2.14. The summed E-state index contributed by atoms with van der Waals surface area (Å²) in [5.41, 5.74) is 0. The number of pyridine rings is 2. The second kappa shape index (κ2) is 4.52. The molecule has 0 saturated carbocycles. The quantitative estimate of drug-likeness (QED) is 0.907. The Bertz CT molecular complexity index is 668. The second-order valence-electron chi connectivity index (χ2n) is 5.46. The zero-order chi connectivity index (χ0) is 13.5. The zero-order valence-corrected chi connectivity index (χ0v) is 11.0. The maximum atomic E-state index is 12.4. The number of nitrogens with one attached hydrogen (secondary N) is 1. The van der Waals surface area contributed by atoms with E-state index in [-0.39, 0.29) is 24.0 Å². The molecule has 2 aromatic rings. The van der Waals surface area contributed by atoms with Crippen molar-refractivity contribution in [2.45, 2.75) is 31.5 Å². The van der Waals surface area contributed by atoms with Gasteiger partial charge >= 0.3 is 0 Å². The lowest BCUT2D eigenvalue weighted by atomic mass is 9.88. The van der Waals surface area contributed by atoms with Crippen LogP contribution in [0, 0.1) is 5.92 Å². The molecule has 2 bridgehead atoms. The van der Waals surface area contributed by atoms with Crippen molar-refractivity contribution in [3.05, 3.63) is 30.7 Å². The van der Waals surface area contributed by atoms with Crippen LogP contribution in [0.2, 0.25) is 0 Å². The highest BCUT2D eigenvalue weighted by Crippen LogP contribution is 2.39. The van der Waals surface area contributed by atoms with Crippen LogP contribution in [0.15, 0.2) is 30.7 Å². The van der Waals surface area contributed by atoms with Gasteiger partial charge in [0.2, 0.25) is 5.91 Å². The maximum Gasteiger partial charge on any atom is 0.231 e. The number of hydrogen-bond donors (Lipinski definition) is 1. The molecule has 5 nitrogen and oxygen atoms in total. The second-order valence-corrected chi connectivity index (χ2v) is 5.46. The molecule has 0 unspecified atom stereocenters. The molecule has 2 aromatic heterocycles. The van der Waals surface area contributed by atoms with Crippen LogP contribution in [0.4, 0.5) is 5.82 Å². The standard InChI is InChI=1S/C15H15N3O2/c19-15(11-7-10-1-2-13(11)20-10)18-14-12-8-16-5-3-9(12)4-6-17-14/h3-6,8,10-11,13H,1-2,7H2,(H,17,18,19)/t10-,11-,13+/m1/s1. The Labute approximate surface area is 116 Å². The first-order valence-electron chi connectivity index (χ1n) is 6.96. The number of rotatable bonds is 2. The summed E-state index contributed by atoms with van der Waals surface area (Å²) in [7, 11) is 0. The van der Waals surface area contributed by atoms with Gasteiger partial charge < -0.3 is 10.1 Å². The average Bonchev–Trinajstić information content (AvgIpc) is 3.10. The van der Waals surface area contributed by atoms with E-state index >= 15 is 0 Å². The topological polar surface area (TPSA) is 64.1 Å². The monoisotopic (exact) mass is 269 g/mol. The van der Waals surface area contributed by atoms with Crippen LogP contribution in [-0.4, -0.2) is 28.1 Å². The first-order chi connectivity index (χ1) is 9.81. The van der Waals surface area contributed by atoms with Gasteiger partial charge in [0.25, 0.3) is 0 Å². The van der Waals surface area contributed by atoms with Crippen LogP contribution in [0.25, 0.3) is 10.8 Å². The molecular formula is C15H15N3O2. The summed E-state index contributed by atoms with van der Waals surface area (Å²) in [6, 6.07) is 3.82. The molecule has 1 N–H and O–H groups in total. The molecule has 20 heavy (non-hydrogen) atoms. The molecule has 1 amide bonds. The van der Waals surface area contributed by atoms with E-state index in [9.17, 15) is 4.79 Å². The molecule has 0 radical (unpaired) electrons. The summed E-state index contributed by atoms with van der Waals surface area (Å²) in [5, 5.41) is 4.83. The first-order valence-corrected chi connectivity index (χ1v) is 6.96. The third-order valence-electron chi connectivity index (χ3n) is 4.25. The minimum Gasteiger partial charge on any atom is -0.374 e. The number of ether oxygens (including phenoxy) is 1. The van der Waals surface area contributed by atoms with E-state index in [0.717, 1.165) is 30.0 Å². The first kappa shape index (κ1) is 11.8. The SMILES string of the molecule is O=C(Nc1nccc2ccncc12)[C@@H]1C[C@H]2CC[C@@H]1O2. The highest BCUT2D eigenvalue weighted by molar-refractivity contribution is 6.01. The number of nitrogens with zero attached hydrogens (tertiary/aromatic N) is 2. The summed E-state index contributed by atoms with van der Waals surface area (Å²) < 4.78 is 5.74. The van der Waals surface area contributed by atoms with Gasteiger partial charge in [-0.2, -0.15) is 0 Å². The summed E-state index contributed by atoms with van der Waals surface area (Å²) in [6.07, 6.45) is 8.45. The maximum absolute atomic E-state index is 12.4. The van der Waals surface area contributed by atoms with Gasteiger partial charge in [0.15, 0.2) is 0 Å². The van der Waals surface area contributed by atoms with Crippen LogP contribution in [0.3, 0.4) is 0 Å². The van der Waals surface area contributed by atoms with Crippen LogP contribution in [-0.2, 0) is 9.53 Å². The van der Waals surface area contributed by atoms with E-state index in [1.165, 1.54) is 0 Å². The Hall–Kier alpha value is -2.01. The van der Waals surface area contributed by atoms with Gasteiger partial charge in [-0.15, -0.1) is 0 Å². The van der Waals surface area contributed by atoms with Crippen molar-refractivity contribution in [3.8, 4) is 0 Å². The molecule has 3 atom stereocenters. The lowest BCUT2D eigenvalue weighted by Gasteiger charge is -2.18. The summed E-state index contributed by atoms with van der Waals surface area (Å²) in [4.78, 5) is 20.8. The lowest BCUT2D eigenvalue weighted by molar-refractivity contribution is -0.121. The molecule has 4 rings (SSSR count). The van der Waals surface area contributed by atoms with Gasteiger partial charge in [0.1, 0.15) is 5.82 Å². The zero-order valence-electron chi connectivity index (χ0n) is 11.0. The van der Waals surface area contributed by atoms with Crippen molar-refractivity contribution < 1.29 is 9.53 Å². The number of hydrogen-bond acceptors (Lipinski definition) is 4. The van der Waals surface area contributed by atoms with Crippen LogP contribution < -0.4 is 5.32 Å². The lowest BCUT2D eigenvalue weighted by Crippen LogP contribution is -2.30. The molecule has 0 aromatic carbocycles. The highest BCUT2D eigenvalue weighted by Gasteiger charge is 2.44. The summed E-state index contributed by atoms with van der Waals surface area (Å²) in [5.74, 6) is 0.562. The van der Waals surface area contributed by atoms with E-state index in [1.54, 1.807) is 18.6 Å². The van der Waals surface area contributed by atoms with Crippen molar-refractivity contribution in [3.63, 3.8) is 0 Å². The Morgan fingerprint density at radius 3 is 3.00 bits per heavy atom. The molecule has 0 spiro atoms. The molecule has 4 heterocycles. The predicted molar refractivity (Wildman–Crippen MR) is 74.2 cm³/mol. The van der Waals surface area contributed by atoms with Gasteiger partial charge in [-0.1, -0.05) is 0 Å². The Balaban J connectivity index is 1.60. The minimum absolute atomic E-state index is 0.0149. The van der Waals surface area contributed by atoms with Crippen LogP contribution in [0.1, 0.15) is 19.3 Å². The number of anilines is 1. The van der Waals surface area contributed by atoms with E-state index < -0.39 is 0 Å². The third-order valence-corrected chi connectivity index (χ3v) is 4.25. The van der Waals surface area contributed by atoms with Gasteiger partial charge in [0, 0.05) is 24.0 Å². The number of amides is 1. The number of fused-ring (bicyclic) bond motifs is 3. The molecule has 2 fully saturated rings. The van der Waals surface area contributed by atoms with Gasteiger partial charge in [-0.25, -0.2) is 4.98 Å². The van der Waals surface area contributed by atoms with Crippen molar-refractivity contribution in [2.24, 2.45) is 5.92 Å². The fourth-order valence-corrected chi connectivity index (χ4v) is 3.23. The van der Waals surface area contributed by atoms with E-state index in [2.05, 4.69) is 15.3 Å². The molecular weight excluding hydrogens is 254 g/mol. The largest absolute Gasteiger partial charge is 0.374 e. The highest BCUT2D eigenvalue weighted by atomic mass is 16.5. The summed E-state index contributed by atoms with van der Waals surface area (Å²) >= 11 is 0. The summed E-state index contributed by atoms with van der Waals surface area (Å²) in [6.45, 7) is 0. The van der Waals surface area contributed by atoms with Crippen molar-refractivity contribution >= 4 is 22.5 Å². The van der Waals surface area contributed by atoms with Crippen LogP contribution >= 0.6 is 0 Å². The van der Waals surface area contributed by atoms with Crippen LogP contribution in [0.5, 0.6) is 0 Å². The Kier molecular flexibility index (Phi) is 2.67. The number of aromatic nitrogens is 2. The molecule has 102 valence electrons. The molecule has 2 saturated heterocycles. The average molecular weight is 269 g/mol. The number of carbonyl (C=O) groups excluding carboxylic acids is 1. The normalized spacial score (nSPS) is 27.9. The third kappa shape index (κ3) is 1.86. The smallest absolute Gasteiger partial charge is 0.231 e. The van der Waals surface area contributed by atoms with Gasteiger partial charge in [0.05, 0.1) is 18.1 Å². The Morgan fingerprint density at radius 2 is 2.20 bits per heavy atom. The molecule has 5 heteroatoms. The van der Waals surface area contributed by atoms with Crippen molar-refractivity contribution in [1.29, 1.82) is 0 Å². The molecule has 2 aliphatic heterocycles. The minimum atomic E-state index is -0.0394. The number of carbonyl (C=O) groups is 1. The van der Waals surface area contributed by atoms with Gasteiger partial charge in [-0.05, 0) is 36.8 Å². The van der Waals surface area contributed by atoms with Gasteiger partial charge in [-0.3, -0.25) is 9.78 Å². The fourth-order valence-electron chi connectivity index (χ4n) is 3.23. The molecule has 0 aliphatic carbocycles.